The van der Waals surface area contributed by atoms with Crippen LogP contribution < -0.4 is 5.32 Å². The standard InChI is InChI=1S/C31H36N2O/c34-31(28-16-15-24-9-7-8-14-27(24)23-28)32-29-17-20-33(21-18-29)22-19-30(25-10-3-1-4-11-25)26-12-5-2-6-13-26/h1-14,28-30H,15-23H2,(H,32,34). The first-order valence-electron chi connectivity index (χ1n) is 13.0. The van der Waals surface area contributed by atoms with Crippen LogP contribution in [-0.4, -0.2) is 36.5 Å². The SMILES string of the molecule is O=C(NC1CCN(CCC(c2ccccc2)c2ccccc2)CC1)C1CCc2ccccc2C1. The third-order valence-electron chi connectivity index (χ3n) is 7.79. The lowest BCUT2D eigenvalue weighted by Crippen LogP contribution is -2.47. The van der Waals surface area contributed by atoms with Crippen molar-refractivity contribution in [3.8, 4) is 0 Å². The highest BCUT2D eigenvalue weighted by molar-refractivity contribution is 5.79. The number of nitrogens with zero attached hydrogens (tertiary/aromatic N) is 1. The third kappa shape index (κ3) is 5.59. The second-order valence-corrected chi connectivity index (χ2v) is 10.00. The van der Waals surface area contributed by atoms with Crippen molar-refractivity contribution in [3.05, 3.63) is 107 Å². The molecule has 1 amide bonds. The Hall–Kier alpha value is -2.91. The first-order chi connectivity index (χ1) is 16.8. The molecule has 0 bridgehead atoms. The van der Waals surface area contributed by atoms with Crippen molar-refractivity contribution in [1.82, 2.24) is 10.2 Å². The molecule has 2 aliphatic rings. The van der Waals surface area contributed by atoms with Crippen LogP contribution in [0.25, 0.3) is 0 Å². The number of hydrogen-bond donors (Lipinski definition) is 1. The van der Waals surface area contributed by atoms with Crippen LogP contribution >= 0.6 is 0 Å². The number of piperidine rings is 1. The van der Waals surface area contributed by atoms with E-state index in [4.69, 9.17) is 0 Å². The maximum atomic E-state index is 13.0. The molecule has 1 aliphatic carbocycles. The smallest absolute Gasteiger partial charge is 0.223 e. The van der Waals surface area contributed by atoms with E-state index in [-0.39, 0.29) is 11.8 Å². The highest BCUT2D eigenvalue weighted by Crippen LogP contribution is 2.29. The zero-order valence-electron chi connectivity index (χ0n) is 20.0. The summed E-state index contributed by atoms with van der Waals surface area (Å²) >= 11 is 0. The fourth-order valence-electron chi connectivity index (χ4n) is 5.75. The maximum absolute atomic E-state index is 13.0. The number of hydrogen-bond acceptors (Lipinski definition) is 2. The average Bonchev–Trinajstić information content (AvgIpc) is 2.90. The van der Waals surface area contributed by atoms with Gasteiger partial charge in [-0.15, -0.1) is 0 Å². The number of fused-ring (bicyclic) bond motifs is 1. The Kier molecular flexibility index (Phi) is 7.40. The Labute approximate surface area is 204 Å². The molecule has 1 saturated heterocycles. The summed E-state index contributed by atoms with van der Waals surface area (Å²) in [6.07, 6.45) is 6.11. The molecule has 3 heteroatoms. The van der Waals surface area contributed by atoms with Crippen molar-refractivity contribution in [2.75, 3.05) is 19.6 Å². The Balaban J connectivity index is 1.11. The van der Waals surface area contributed by atoms with E-state index >= 15 is 0 Å². The van der Waals surface area contributed by atoms with Gasteiger partial charge in [0.2, 0.25) is 5.91 Å². The molecule has 0 radical (unpaired) electrons. The second-order valence-electron chi connectivity index (χ2n) is 10.00. The van der Waals surface area contributed by atoms with Crippen LogP contribution in [-0.2, 0) is 17.6 Å². The van der Waals surface area contributed by atoms with Gasteiger partial charge < -0.3 is 10.2 Å². The molecule has 1 N–H and O–H groups in total. The van der Waals surface area contributed by atoms with E-state index in [9.17, 15) is 4.79 Å². The highest BCUT2D eigenvalue weighted by atomic mass is 16.1. The van der Waals surface area contributed by atoms with E-state index in [1.54, 1.807) is 0 Å². The van der Waals surface area contributed by atoms with Gasteiger partial charge >= 0.3 is 0 Å². The van der Waals surface area contributed by atoms with Crippen molar-refractivity contribution in [3.63, 3.8) is 0 Å². The average molecular weight is 453 g/mol. The van der Waals surface area contributed by atoms with Crippen LogP contribution in [0.5, 0.6) is 0 Å². The predicted octanol–water partition coefficient (Wildman–Crippen LogP) is 5.59. The number of nitrogens with one attached hydrogen (secondary N) is 1. The number of aryl methyl sites for hydroxylation is 1. The van der Waals surface area contributed by atoms with E-state index in [0.29, 0.717) is 12.0 Å². The van der Waals surface area contributed by atoms with Gasteiger partial charge in [0.05, 0.1) is 0 Å². The van der Waals surface area contributed by atoms with Gasteiger partial charge in [-0.05, 0) is 67.3 Å². The fourth-order valence-corrected chi connectivity index (χ4v) is 5.75. The number of carbonyl (C=O) groups is 1. The lowest BCUT2D eigenvalue weighted by Gasteiger charge is -2.34. The topological polar surface area (TPSA) is 32.3 Å². The summed E-state index contributed by atoms with van der Waals surface area (Å²) in [5.41, 5.74) is 5.56. The molecular formula is C31H36N2O. The summed E-state index contributed by atoms with van der Waals surface area (Å²) in [4.78, 5) is 15.5. The number of likely N-dealkylation sites (tertiary alicyclic amines) is 1. The van der Waals surface area contributed by atoms with Crippen molar-refractivity contribution in [2.45, 2.75) is 50.5 Å². The largest absolute Gasteiger partial charge is 0.353 e. The molecule has 0 saturated carbocycles. The van der Waals surface area contributed by atoms with Gasteiger partial charge in [0.25, 0.3) is 0 Å². The molecule has 3 aromatic rings. The molecule has 0 spiro atoms. The lowest BCUT2D eigenvalue weighted by molar-refractivity contribution is -0.126. The Morgan fingerprint density at radius 3 is 2.03 bits per heavy atom. The van der Waals surface area contributed by atoms with Crippen molar-refractivity contribution >= 4 is 5.91 Å². The zero-order valence-corrected chi connectivity index (χ0v) is 20.0. The molecule has 176 valence electrons. The predicted molar refractivity (Wildman–Crippen MR) is 139 cm³/mol. The molecule has 3 aromatic carbocycles. The summed E-state index contributed by atoms with van der Waals surface area (Å²) in [5.74, 6) is 0.820. The van der Waals surface area contributed by atoms with Crippen molar-refractivity contribution in [2.24, 2.45) is 5.92 Å². The molecular weight excluding hydrogens is 416 g/mol. The van der Waals surface area contributed by atoms with E-state index in [0.717, 1.165) is 58.2 Å². The Bertz CT molecular complexity index is 1020. The quantitative estimate of drug-likeness (QED) is 0.506. The summed E-state index contributed by atoms with van der Waals surface area (Å²) < 4.78 is 0. The molecule has 34 heavy (non-hydrogen) atoms. The molecule has 0 aromatic heterocycles. The fraction of sp³-hybridized carbons (Fsp3) is 0.387. The number of amides is 1. The van der Waals surface area contributed by atoms with Crippen LogP contribution in [0.1, 0.15) is 53.9 Å². The number of carbonyl (C=O) groups excluding carboxylic acids is 1. The molecule has 1 unspecified atom stereocenters. The van der Waals surface area contributed by atoms with Crippen LogP contribution in [0, 0.1) is 5.92 Å². The molecule has 1 aliphatic heterocycles. The molecule has 1 atom stereocenters. The first kappa shape index (κ1) is 22.9. The van der Waals surface area contributed by atoms with Gasteiger partial charge in [0, 0.05) is 31.0 Å². The zero-order chi connectivity index (χ0) is 23.2. The number of benzene rings is 3. The minimum absolute atomic E-state index is 0.130. The van der Waals surface area contributed by atoms with Crippen molar-refractivity contribution < 1.29 is 4.79 Å². The van der Waals surface area contributed by atoms with E-state index < -0.39 is 0 Å². The van der Waals surface area contributed by atoms with E-state index in [1.807, 2.05) is 0 Å². The summed E-state index contributed by atoms with van der Waals surface area (Å²) in [5, 5.41) is 3.39. The van der Waals surface area contributed by atoms with Gasteiger partial charge in [-0.3, -0.25) is 4.79 Å². The monoisotopic (exact) mass is 452 g/mol. The molecule has 3 nitrogen and oxygen atoms in total. The van der Waals surface area contributed by atoms with Gasteiger partial charge in [-0.1, -0.05) is 84.9 Å². The Morgan fingerprint density at radius 1 is 0.794 bits per heavy atom. The van der Waals surface area contributed by atoms with Gasteiger partial charge in [0.15, 0.2) is 0 Å². The molecule has 1 heterocycles. The summed E-state index contributed by atoms with van der Waals surface area (Å²) in [7, 11) is 0. The molecule has 1 fully saturated rings. The minimum atomic E-state index is 0.130. The van der Waals surface area contributed by atoms with E-state index in [1.165, 1.54) is 22.3 Å². The maximum Gasteiger partial charge on any atom is 0.223 e. The van der Waals surface area contributed by atoms with Gasteiger partial charge in [-0.25, -0.2) is 0 Å². The lowest BCUT2D eigenvalue weighted by atomic mass is 9.83. The van der Waals surface area contributed by atoms with Gasteiger partial charge in [0.1, 0.15) is 0 Å². The summed E-state index contributed by atoms with van der Waals surface area (Å²) in [6, 6.07) is 30.7. The van der Waals surface area contributed by atoms with Crippen LogP contribution in [0.2, 0.25) is 0 Å². The molecule has 5 rings (SSSR count). The summed E-state index contributed by atoms with van der Waals surface area (Å²) in [6.45, 7) is 3.22. The highest BCUT2D eigenvalue weighted by Gasteiger charge is 2.28. The Morgan fingerprint density at radius 2 is 1.38 bits per heavy atom. The van der Waals surface area contributed by atoms with Crippen molar-refractivity contribution in [1.29, 1.82) is 0 Å². The normalized spacial score (nSPS) is 19.0. The van der Waals surface area contributed by atoms with Crippen LogP contribution in [0.4, 0.5) is 0 Å². The van der Waals surface area contributed by atoms with Crippen LogP contribution in [0.15, 0.2) is 84.9 Å². The minimum Gasteiger partial charge on any atom is -0.353 e. The van der Waals surface area contributed by atoms with E-state index in [2.05, 4.69) is 95.1 Å². The first-order valence-corrected chi connectivity index (χ1v) is 13.0. The van der Waals surface area contributed by atoms with Gasteiger partial charge in [-0.2, -0.15) is 0 Å². The third-order valence-corrected chi connectivity index (χ3v) is 7.79. The second kappa shape index (κ2) is 11.0. The van der Waals surface area contributed by atoms with Crippen LogP contribution in [0.3, 0.4) is 0 Å². The number of rotatable bonds is 7.